The number of carbonyl (C=O) groups is 2. The number of hydroxylamine groups is 1. The summed E-state index contributed by atoms with van der Waals surface area (Å²) in [5, 5.41) is 21.5. The number of nitrogens with two attached hydrogens (primary N) is 1. The molecule has 0 bridgehead atoms. The van der Waals surface area contributed by atoms with Crippen LogP contribution in [-0.4, -0.2) is 67.1 Å². The predicted molar refractivity (Wildman–Crippen MR) is 135 cm³/mol. The lowest BCUT2D eigenvalue weighted by atomic mass is 10.2. The number of benzene rings is 2. The molecule has 0 spiro atoms. The molecule has 2 aromatic rings. The maximum Gasteiger partial charge on any atom is 0.243 e. The molecule has 0 saturated carbocycles. The fourth-order valence-electron chi connectivity index (χ4n) is 3.03. The lowest BCUT2D eigenvalue weighted by Crippen LogP contribution is -2.54. The summed E-state index contributed by atoms with van der Waals surface area (Å²) in [6, 6.07) is 10.4. The van der Waals surface area contributed by atoms with E-state index in [2.05, 4.69) is 15.0 Å². The number of hydrogen-bond donors (Lipinski definition) is 6. The van der Waals surface area contributed by atoms with E-state index in [0.29, 0.717) is 16.3 Å². The standard InChI is InChI=1S/C22H29ClN6O6S/c1-14(20(31)25-11-15-5-9-18(10-6-15)26-22(24)27-33)29(2)21(32)19(12-30)28-36(34,35)13-16-3-7-17(23)8-4-16/h3-10,14,19,28,30,33H,11-13H2,1-2H3,(H,25,31)(H3,24,26,27)/t14?,19-/m1/s1. The molecule has 1 unspecified atom stereocenters. The second kappa shape index (κ2) is 13.2. The third kappa shape index (κ3) is 8.77. The highest BCUT2D eigenvalue weighted by atomic mass is 35.5. The Hall–Kier alpha value is -3.23. The first-order valence-corrected chi connectivity index (χ1v) is 12.7. The van der Waals surface area contributed by atoms with Crippen molar-refractivity contribution in [3.05, 3.63) is 64.7 Å². The van der Waals surface area contributed by atoms with Gasteiger partial charge < -0.3 is 21.1 Å². The number of carbonyl (C=O) groups excluding carboxylic acids is 2. The minimum Gasteiger partial charge on any atom is -0.394 e. The van der Waals surface area contributed by atoms with E-state index in [-0.39, 0.29) is 12.5 Å². The quantitative estimate of drug-likeness (QED) is 0.132. The highest BCUT2D eigenvalue weighted by molar-refractivity contribution is 7.88. The van der Waals surface area contributed by atoms with E-state index in [9.17, 15) is 23.1 Å². The molecule has 0 aromatic heterocycles. The van der Waals surface area contributed by atoms with Gasteiger partial charge in [0.25, 0.3) is 0 Å². The molecule has 0 heterocycles. The zero-order chi connectivity index (χ0) is 26.9. The summed E-state index contributed by atoms with van der Waals surface area (Å²) >= 11 is 5.81. The Labute approximate surface area is 214 Å². The molecule has 2 atom stereocenters. The van der Waals surface area contributed by atoms with E-state index in [0.717, 1.165) is 10.5 Å². The lowest BCUT2D eigenvalue weighted by molar-refractivity contribution is -0.140. The fourth-order valence-corrected chi connectivity index (χ4v) is 4.48. The lowest BCUT2D eigenvalue weighted by Gasteiger charge is -2.28. The number of aliphatic hydroxyl groups is 1. The van der Waals surface area contributed by atoms with E-state index >= 15 is 0 Å². The molecule has 0 aliphatic carbocycles. The van der Waals surface area contributed by atoms with Crippen LogP contribution in [0.2, 0.25) is 5.02 Å². The van der Waals surface area contributed by atoms with Gasteiger partial charge in [0.2, 0.25) is 27.8 Å². The third-order valence-corrected chi connectivity index (χ3v) is 6.76. The van der Waals surface area contributed by atoms with Gasteiger partial charge in [0.15, 0.2) is 0 Å². The number of nitrogens with zero attached hydrogens (tertiary/aromatic N) is 2. The van der Waals surface area contributed by atoms with Crippen molar-refractivity contribution in [2.45, 2.75) is 31.3 Å². The van der Waals surface area contributed by atoms with Crippen molar-refractivity contribution in [1.29, 1.82) is 0 Å². The summed E-state index contributed by atoms with van der Waals surface area (Å²) in [4.78, 5) is 30.4. The van der Waals surface area contributed by atoms with Crippen molar-refractivity contribution in [3.8, 4) is 0 Å². The zero-order valence-electron chi connectivity index (χ0n) is 19.7. The number of nitrogens with one attached hydrogen (secondary N) is 3. The highest BCUT2D eigenvalue weighted by Gasteiger charge is 2.30. The Morgan fingerprint density at radius 1 is 1.11 bits per heavy atom. The summed E-state index contributed by atoms with van der Waals surface area (Å²) in [5.74, 6) is -1.84. The minimum absolute atomic E-state index is 0.153. The predicted octanol–water partition coefficient (Wildman–Crippen LogP) is 0.209. The SMILES string of the molecule is CC(C(=O)NCc1ccc(N=C(N)NO)cc1)N(C)C(=O)[C@@H](CO)NS(=O)(=O)Cc1ccc(Cl)cc1. The Morgan fingerprint density at radius 2 is 1.69 bits per heavy atom. The topological polar surface area (TPSA) is 186 Å². The van der Waals surface area contributed by atoms with Gasteiger partial charge in [-0.2, -0.15) is 0 Å². The Bertz CT molecular complexity index is 1170. The van der Waals surface area contributed by atoms with Crippen molar-refractivity contribution in [2.75, 3.05) is 13.7 Å². The van der Waals surface area contributed by atoms with E-state index in [1.165, 1.54) is 14.0 Å². The van der Waals surface area contributed by atoms with Crippen molar-refractivity contribution < 1.29 is 28.3 Å². The van der Waals surface area contributed by atoms with Crippen LogP contribution >= 0.6 is 11.6 Å². The van der Waals surface area contributed by atoms with E-state index in [1.54, 1.807) is 54.0 Å². The number of aliphatic imine (C=N–C) groups is 1. The number of sulfonamides is 1. The van der Waals surface area contributed by atoms with E-state index in [1.807, 2.05) is 0 Å². The van der Waals surface area contributed by atoms with Crippen LogP contribution in [0.15, 0.2) is 53.5 Å². The summed E-state index contributed by atoms with van der Waals surface area (Å²) in [6.07, 6.45) is 0. The number of likely N-dealkylation sites (N-methyl/N-ethyl adjacent to an activating group) is 1. The zero-order valence-corrected chi connectivity index (χ0v) is 21.3. The monoisotopic (exact) mass is 540 g/mol. The van der Waals surface area contributed by atoms with Crippen molar-refractivity contribution in [1.82, 2.24) is 20.4 Å². The molecule has 2 aromatic carbocycles. The average Bonchev–Trinajstić information content (AvgIpc) is 2.86. The van der Waals surface area contributed by atoms with Gasteiger partial charge in [-0.15, -0.1) is 0 Å². The van der Waals surface area contributed by atoms with Gasteiger partial charge in [0.1, 0.15) is 12.1 Å². The first kappa shape index (κ1) is 29.0. The number of aliphatic hydroxyl groups excluding tert-OH is 1. The molecule has 0 aliphatic heterocycles. The van der Waals surface area contributed by atoms with Crippen LogP contribution in [-0.2, 0) is 31.9 Å². The smallest absolute Gasteiger partial charge is 0.243 e. The molecule has 2 rings (SSSR count). The molecule has 36 heavy (non-hydrogen) atoms. The van der Waals surface area contributed by atoms with Crippen LogP contribution in [0.25, 0.3) is 0 Å². The normalized spacial score (nSPS) is 13.5. The number of rotatable bonds is 11. The largest absolute Gasteiger partial charge is 0.394 e. The number of halogens is 1. The van der Waals surface area contributed by atoms with Gasteiger partial charge in [-0.3, -0.25) is 14.8 Å². The third-order valence-electron chi connectivity index (χ3n) is 5.15. The molecule has 0 fully saturated rings. The molecule has 2 amide bonds. The molecule has 14 heteroatoms. The summed E-state index contributed by atoms with van der Waals surface area (Å²) in [6.45, 7) is 0.842. The summed E-state index contributed by atoms with van der Waals surface area (Å²) < 4.78 is 27.2. The van der Waals surface area contributed by atoms with Crippen LogP contribution in [0.5, 0.6) is 0 Å². The Balaban J connectivity index is 1.95. The number of guanidine groups is 1. The van der Waals surface area contributed by atoms with Crippen LogP contribution in [0.3, 0.4) is 0 Å². The van der Waals surface area contributed by atoms with E-state index in [4.69, 9.17) is 22.5 Å². The van der Waals surface area contributed by atoms with Gasteiger partial charge in [-0.1, -0.05) is 35.9 Å². The molecule has 0 aliphatic rings. The Morgan fingerprint density at radius 3 is 2.25 bits per heavy atom. The van der Waals surface area contributed by atoms with Gasteiger partial charge >= 0.3 is 0 Å². The van der Waals surface area contributed by atoms with Crippen LogP contribution in [0.4, 0.5) is 5.69 Å². The highest BCUT2D eigenvalue weighted by Crippen LogP contribution is 2.14. The summed E-state index contributed by atoms with van der Waals surface area (Å²) in [7, 11) is -2.64. The molecular weight excluding hydrogens is 512 g/mol. The van der Waals surface area contributed by atoms with Crippen molar-refractivity contribution in [3.63, 3.8) is 0 Å². The van der Waals surface area contributed by atoms with Crippen LogP contribution in [0.1, 0.15) is 18.1 Å². The fraction of sp³-hybridized carbons (Fsp3) is 0.318. The molecule has 196 valence electrons. The first-order chi connectivity index (χ1) is 17.0. The van der Waals surface area contributed by atoms with Gasteiger partial charge in [0.05, 0.1) is 18.0 Å². The minimum atomic E-state index is -3.98. The average molecular weight is 541 g/mol. The van der Waals surface area contributed by atoms with Crippen LogP contribution < -0.4 is 21.3 Å². The Kier molecular flexibility index (Phi) is 10.6. The van der Waals surface area contributed by atoms with E-state index < -0.39 is 46.3 Å². The second-order valence-electron chi connectivity index (χ2n) is 7.86. The maximum absolute atomic E-state index is 12.8. The molecular formula is C22H29ClN6O6S. The molecule has 0 saturated heterocycles. The van der Waals surface area contributed by atoms with Gasteiger partial charge in [-0.25, -0.2) is 23.6 Å². The molecule has 0 radical (unpaired) electrons. The van der Waals surface area contributed by atoms with Gasteiger partial charge in [-0.05, 0) is 42.3 Å². The number of hydrogen-bond acceptors (Lipinski definition) is 7. The first-order valence-electron chi connectivity index (χ1n) is 10.7. The second-order valence-corrected chi connectivity index (χ2v) is 10.0. The maximum atomic E-state index is 12.8. The molecule has 12 nitrogen and oxygen atoms in total. The summed E-state index contributed by atoms with van der Waals surface area (Å²) in [5.41, 5.74) is 8.76. The van der Waals surface area contributed by atoms with Crippen molar-refractivity contribution in [2.24, 2.45) is 10.7 Å². The number of amides is 2. The van der Waals surface area contributed by atoms with Crippen LogP contribution in [0, 0.1) is 0 Å². The van der Waals surface area contributed by atoms with Crippen molar-refractivity contribution >= 4 is 45.1 Å². The molecule has 7 N–H and O–H groups in total. The van der Waals surface area contributed by atoms with Gasteiger partial charge in [0, 0.05) is 18.6 Å².